The normalized spacial score (nSPS) is 12.2. The highest BCUT2D eigenvalue weighted by Gasteiger charge is 2.38. The summed E-state index contributed by atoms with van der Waals surface area (Å²) >= 11 is 0. The van der Waals surface area contributed by atoms with E-state index in [9.17, 15) is 24.6 Å². The van der Waals surface area contributed by atoms with Gasteiger partial charge in [-0.05, 0) is 36.6 Å². The number of aromatic hydroxyl groups is 2. The van der Waals surface area contributed by atoms with Crippen molar-refractivity contribution in [3.05, 3.63) is 59.7 Å². The lowest BCUT2D eigenvalue weighted by Crippen LogP contribution is -2.55. The minimum Gasteiger partial charge on any atom is -0.504 e. The first kappa shape index (κ1) is 35.4. The van der Waals surface area contributed by atoms with Crippen LogP contribution < -0.4 is 5.32 Å². The van der Waals surface area contributed by atoms with Crippen molar-refractivity contribution in [1.82, 2.24) is 5.32 Å². The van der Waals surface area contributed by atoms with Gasteiger partial charge in [-0.1, -0.05) is 114 Å². The van der Waals surface area contributed by atoms with Crippen LogP contribution in [0.15, 0.2) is 48.5 Å². The monoisotopic (exact) mass is 599 g/mol. The molecule has 3 N–H and O–H groups in total. The lowest BCUT2D eigenvalue weighted by atomic mass is 9.92. The van der Waals surface area contributed by atoms with E-state index in [1.54, 1.807) is 12.1 Å². The highest BCUT2D eigenvalue weighted by atomic mass is 16.6. The van der Waals surface area contributed by atoms with Gasteiger partial charge in [0.1, 0.15) is 12.1 Å². The van der Waals surface area contributed by atoms with E-state index in [0.29, 0.717) is 5.56 Å². The van der Waals surface area contributed by atoms with Crippen LogP contribution in [0, 0.1) is 0 Å². The third-order valence-electron chi connectivity index (χ3n) is 7.22. The molecule has 238 valence electrons. The molecule has 2 rings (SSSR count). The Balaban J connectivity index is 1.75. The lowest BCUT2D eigenvalue weighted by molar-refractivity contribution is -0.162. The number of phenolic OH excluding ortho intramolecular Hbond substituents is 2. The Kier molecular flexibility index (Phi) is 16.7. The zero-order valence-electron chi connectivity index (χ0n) is 25.8. The van der Waals surface area contributed by atoms with Gasteiger partial charge in [0.15, 0.2) is 18.1 Å². The molecule has 43 heavy (non-hydrogen) atoms. The third kappa shape index (κ3) is 14.8. The van der Waals surface area contributed by atoms with Crippen molar-refractivity contribution in [3.8, 4) is 11.5 Å². The summed E-state index contributed by atoms with van der Waals surface area (Å²) in [4.78, 5) is 38.0. The molecule has 1 amide bonds. The van der Waals surface area contributed by atoms with Crippen LogP contribution >= 0.6 is 0 Å². The van der Waals surface area contributed by atoms with Crippen molar-refractivity contribution in [2.75, 3.05) is 13.2 Å². The van der Waals surface area contributed by atoms with Gasteiger partial charge in [0.25, 0.3) is 0 Å². The number of benzene rings is 2. The number of hydrogen-bond acceptors (Lipinski definition) is 8. The van der Waals surface area contributed by atoms with Gasteiger partial charge in [-0.3, -0.25) is 0 Å². The van der Waals surface area contributed by atoms with E-state index in [2.05, 4.69) is 12.2 Å². The highest BCUT2D eigenvalue weighted by Crippen LogP contribution is 2.27. The SMILES string of the molecule is CCCCCCCCCCCCCCOC(=O)COC(=O)C(C)(Cc1ccc(O)c(O)c1)NC(=O)OCc1ccccc1. The van der Waals surface area contributed by atoms with E-state index in [1.165, 1.54) is 82.9 Å². The van der Waals surface area contributed by atoms with Crippen LogP contribution in [0.3, 0.4) is 0 Å². The number of nitrogens with one attached hydrogen (secondary N) is 1. The number of amides is 1. The smallest absolute Gasteiger partial charge is 0.408 e. The van der Waals surface area contributed by atoms with Gasteiger partial charge in [-0.25, -0.2) is 14.4 Å². The molecule has 0 aliphatic rings. The molecule has 0 aliphatic heterocycles. The van der Waals surface area contributed by atoms with Gasteiger partial charge in [0.05, 0.1) is 6.61 Å². The molecule has 2 aromatic rings. The number of hydrogen-bond donors (Lipinski definition) is 3. The molecule has 2 aromatic carbocycles. The number of alkyl carbamates (subject to hydrolysis) is 1. The van der Waals surface area contributed by atoms with E-state index in [4.69, 9.17) is 14.2 Å². The molecule has 1 unspecified atom stereocenters. The summed E-state index contributed by atoms with van der Waals surface area (Å²) in [6, 6.07) is 13.1. The van der Waals surface area contributed by atoms with Gasteiger partial charge in [0.2, 0.25) is 0 Å². The van der Waals surface area contributed by atoms with Gasteiger partial charge < -0.3 is 29.7 Å². The average Bonchev–Trinajstić information content (AvgIpc) is 2.99. The first-order valence-corrected chi connectivity index (χ1v) is 15.6. The molecule has 0 radical (unpaired) electrons. The molecule has 9 nitrogen and oxygen atoms in total. The van der Waals surface area contributed by atoms with Crippen molar-refractivity contribution in [2.45, 2.75) is 109 Å². The maximum atomic E-state index is 13.1. The Bertz CT molecular complexity index is 1110. The Morgan fingerprint density at radius 2 is 1.33 bits per heavy atom. The van der Waals surface area contributed by atoms with E-state index in [-0.39, 0.29) is 31.1 Å². The molecule has 0 aromatic heterocycles. The van der Waals surface area contributed by atoms with E-state index in [0.717, 1.165) is 24.8 Å². The molecular weight excluding hydrogens is 550 g/mol. The minimum absolute atomic E-state index is 0.0107. The van der Waals surface area contributed by atoms with Crippen LogP contribution in [-0.4, -0.2) is 47.0 Å². The predicted molar refractivity (Wildman–Crippen MR) is 165 cm³/mol. The van der Waals surface area contributed by atoms with Gasteiger partial charge in [-0.15, -0.1) is 0 Å². The van der Waals surface area contributed by atoms with Crippen LogP contribution in [0.5, 0.6) is 11.5 Å². The zero-order chi connectivity index (χ0) is 31.3. The lowest BCUT2D eigenvalue weighted by Gasteiger charge is -2.28. The van der Waals surface area contributed by atoms with Crippen molar-refractivity contribution in [3.63, 3.8) is 0 Å². The van der Waals surface area contributed by atoms with Crippen molar-refractivity contribution < 1.29 is 38.8 Å². The third-order valence-corrected chi connectivity index (χ3v) is 7.22. The predicted octanol–water partition coefficient (Wildman–Crippen LogP) is 7.11. The number of esters is 2. The molecule has 0 fully saturated rings. The van der Waals surface area contributed by atoms with Gasteiger partial charge in [-0.2, -0.15) is 0 Å². The standard InChI is InChI=1S/C34H49NO8/c1-3-4-5-6-7-8-9-10-11-12-13-17-22-41-31(38)26-42-32(39)34(2,24-28-20-21-29(36)30(37)23-28)35-33(40)43-25-27-18-15-14-16-19-27/h14-16,18-21,23,36-37H,3-13,17,22,24-26H2,1-2H3,(H,35,40). The number of carbonyl (C=O) groups excluding carboxylic acids is 3. The van der Waals surface area contributed by atoms with Crippen LogP contribution in [0.25, 0.3) is 0 Å². The zero-order valence-corrected chi connectivity index (χ0v) is 25.8. The second-order valence-corrected chi connectivity index (χ2v) is 11.2. The summed E-state index contributed by atoms with van der Waals surface area (Å²) < 4.78 is 15.7. The minimum atomic E-state index is -1.65. The molecule has 0 saturated heterocycles. The molecule has 0 bridgehead atoms. The highest BCUT2D eigenvalue weighted by molar-refractivity contribution is 5.87. The Hall–Kier alpha value is -3.75. The van der Waals surface area contributed by atoms with Gasteiger partial charge >= 0.3 is 18.0 Å². The Labute approximate surface area is 255 Å². The summed E-state index contributed by atoms with van der Waals surface area (Å²) in [6.07, 6.45) is 13.5. The molecule has 0 saturated carbocycles. The van der Waals surface area contributed by atoms with Crippen molar-refractivity contribution >= 4 is 18.0 Å². The Morgan fingerprint density at radius 3 is 1.93 bits per heavy atom. The van der Waals surface area contributed by atoms with E-state index < -0.39 is 30.2 Å². The summed E-state index contributed by atoms with van der Waals surface area (Å²) in [5.74, 6) is -2.24. The van der Waals surface area contributed by atoms with Crippen LogP contribution in [0.4, 0.5) is 4.79 Å². The maximum absolute atomic E-state index is 13.1. The molecule has 0 heterocycles. The van der Waals surface area contributed by atoms with E-state index in [1.807, 2.05) is 18.2 Å². The summed E-state index contributed by atoms with van der Waals surface area (Å²) in [6.45, 7) is 3.30. The first-order valence-electron chi connectivity index (χ1n) is 15.6. The number of carbonyl (C=O) groups is 3. The molecule has 9 heteroatoms. The fraction of sp³-hybridized carbons (Fsp3) is 0.559. The largest absolute Gasteiger partial charge is 0.504 e. The molecular formula is C34H49NO8. The summed E-state index contributed by atoms with van der Waals surface area (Å²) in [5.41, 5.74) is -0.443. The van der Waals surface area contributed by atoms with Crippen LogP contribution in [-0.2, 0) is 36.8 Å². The Morgan fingerprint density at radius 1 is 0.721 bits per heavy atom. The number of unbranched alkanes of at least 4 members (excludes halogenated alkanes) is 11. The number of rotatable bonds is 21. The molecule has 0 aliphatic carbocycles. The number of ether oxygens (including phenoxy) is 3. The summed E-state index contributed by atoms with van der Waals surface area (Å²) in [7, 11) is 0. The number of phenols is 2. The quantitative estimate of drug-likeness (QED) is 0.0599. The van der Waals surface area contributed by atoms with Crippen molar-refractivity contribution in [2.24, 2.45) is 0 Å². The molecule has 0 spiro atoms. The first-order chi connectivity index (χ1) is 20.7. The van der Waals surface area contributed by atoms with Crippen molar-refractivity contribution in [1.29, 1.82) is 0 Å². The topological polar surface area (TPSA) is 131 Å². The molecule has 1 atom stereocenters. The van der Waals surface area contributed by atoms with Crippen LogP contribution in [0.1, 0.15) is 102 Å². The fourth-order valence-electron chi connectivity index (χ4n) is 4.69. The van der Waals surface area contributed by atoms with E-state index >= 15 is 0 Å². The second kappa shape index (κ2) is 20.2. The average molecular weight is 600 g/mol. The summed E-state index contributed by atoms with van der Waals surface area (Å²) in [5, 5.41) is 22.0. The van der Waals surface area contributed by atoms with Gasteiger partial charge in [0, 0.05) is 6.42 Å². The maximum Gasteiger partial charge on any atom is 0.408 e. The fourth-order valence-corrected chi connectivity index (χ4v) is 4.69. The van der Waals surface area contributed by atoms with Crippen LogP contribution in [0.2, 0.25) is 0 Å². The second-order valence-electron chi connectivity index (χ2n) is 11.2.